The largest absolute Gasteiger partial charge is 0.481 e. The molecule has 0 amide bonds. The summed E-state index contributed by atoms with van der Waals surface area (Å²) in [7, 11) is 1.36. The number of carbonyl (C=O) groups excluding carboxylic acids is 1. The van der Waals surface area contributed by atoms with Gasteiger partial charge in [0.15, 0.2) is 7.28 Å². The lowest BCUT2D eigenvalue weighted by Crippen LogP contribution is -2.19. The molecule has 3 nitrogen and oxygen atoms in total. The van der Waals surface area contributed by atoms with E-state index in [9.17, 15) is 9.59 Å². The molecule has 2 atom stereocenters. The molecule has 0 saturated heterocycles. The average Bonchev–Trinajstić information content (AvgIpc) is 2.76. The van der Waals surface area contributed by atoms with E-state index in [-0.39, 0.29) is 5.92 Å². The van der Waals surface area contributed by atoms with Gasteiger partial charge in [0, 0.05) is 0 Å². The van der Waals surface area contributed by atoms with Gasteiger partial charge >= 0.3 is 5.97 Å². The van der Waals surface area contributed by atoms with Gasteiger partial charge in [-0.2, -0.15) is 0 Å². The zero-order valence-electron chi connectivity index (χ0n) is 6.69. The number of allylic oxidation sites excluding steroid dienone is 1. The van der Waals surface area contributed by atoms with Gasteiger partial charge < -0.3 is 9.90 Å². The van der Waals surface area contributed by atoms with E-state index >= 15 is 0 Å². The lowest BCUT2D eigenvalue weighted by Gasteiger charge is -2.06. The summed E-state index contributed by atoms with van der Waals surface area (Å²) in [6, 6.07) is 0. The van der Waals surface area contributed by atoms with Gasteiger partial charge in [-0.15, -0.1) is 6.58 Å². The third-order valence-corrected chi connectivity index (χ3v) is 2.42. The van der Waals surface area contributed by atoms with Crippen molar-refractivity contribution in [2.45, 2.75) is 12.7 Å². The van der Waals surface area contributed by atoms with Crippen molar-refractivity contribution in [1.82, 2.24) is 0 Å². The second-order valence-electron chi connectivity index (χ2n) is 3.08. The summed E-state index contributed by atoms with van der Waals surface area (Å²) >= 11 is 0. The topological polar surface area (TPSA) is 54.4 Å². The van der Waals surface area contributed by atoms with Crippen LogP contribution in [0.2, 0.25) is 6.32 Å². The standard InChI is InChI=1S/C8H10BO3/c1-2-6-3-8(6,7(11)12)4-9-5-10/h2,5-6H,1,3-4H2,(H,11,12)/t6-,8-/m1/s1. The summed E-state index contributed by atoms with van der Waals surface area (Å²) in [6.45, 7) is 3.54. The van der Waals surface area contributed by atoms with Crippen molar-refractivity contribution in [1.29, 1.82) is 0 Å². The third-order valence-electron chi connectivity index (χ3n) is 2.42. The van der Waals surface area contributed by atoms with Gasteiger partial charge in [-0.25, -0.2) is 0 Å². The minimum atomic E-state index is -0.828. The number of carboxylic acids is 1. The van der Waals surface area contributed by atoms with Crippen LogP contribution in [0.3, 0.4) is 0 Å². The minimum absolute atomic E-state index is 0.0335. The van der Waals surface area contributed by atoms with E-state index < -0.39 is 11.4 Å². The molecular formula is C8H10BO3. The third kappa shape index (κ3) is 1.29. The van der Waals surface area contributed by atoms with Crippen LogP contribution in [0.1, 0.15) is 6.42 Å². The van der Waals surface area contributed by atoms with Gasteiger partial charge in [0.25, 0.3) is 0 Å². The van der Waals surface area contributed by atoms with E-state index in [0.29, 0.717) is 18.9 Å². The molecular weight excluding hydrogens is 155 g/mol. The zero-order chi connectivity index (χ0) is 9.19. The van der Waals surface area contributed by atoms with Crippen molar-refractivity contribution in [2.75, 3.05) is 0 Å². The first-order chi connectivity index (χ1) is 5.67. The highest BCUT2D eigenvalue weighted by Gasteiger charge is 2.57. The molecule has 63 valence electrons. The van der Waals surface area contributed by atoms with E-state index in [0.717, 1.165) is 0 Å². The molecule has 0 spiro atoms. The molecule has 1 fully saturated rings. The molecule has 0 unspecified atom stereocenters. The fourth-order valence-electron chi connectivity index (χ4n) is 1.47. The highest BCUT2D eigenvalue weighted by Crippen LogP contribution is 2.56. The van der Waals surface area contributed by atoms with Crippen LogP contribution in [0.15, 0.2) is 12.7 Å². The van der Waals surface area contributed by atoms with Gasteiger partial charge in [-0.3, -0.25) is 4.79 Å². The average molecular weight is 165 g/mol. The number of hydrogen-bond donors (Lipinski definition) is 1. The Labute approximate surface area is 71.7 Å². The Balaban J connectivity index is 2.58. The van der Waals surface area contributed by atoms with Gasteiger partial charge in [0.05, 0.1) is 11.6 Å². The second kappa shape index (κ2) is 3.13. The molecule has 1 saturated carbocycles. The van der Waals surface area contributed by atoms with Crippen LogP contribution >= 0.6 is 0 Å². The van der Waals surface area contributed by atoms with Crippen molar-refractivity contribution in [3.8, 4) is 0 Å². The number of carbonyl (C=O) groups is 2. The Morgan fingerprint density at radius 2 is 2.50 bits per heavy atom. The molecule has 1 aliphatic carbocycles. The summed E-state index contributed by atoms with van der Waals surface area (Å²) in [6.07, 6.45) is 3.22. The normalized spacial score (nSPS) is 32.2. The lowest BCUT2D eigenvalue weighted by molar-refractivity contribution is -0.142. The van der Waals surface area contributed by atoms with E-state index in [4.69, 9.17) is 5.11 Å². The molecule has 0 aromatic carbocycles. The Kier molecular flexibility index (Phi) is 2.36. The monoisotopic (exact) mass is 165 g/mol. The minimum Gasteiger partial charge on any atom is -0.481 e. The number of aliphatic carboxylic acids is 1. The highest BCUT2D eigenvalue weighted by molar-refractivity contribution is 6.67. The van der Waals surface area contributed by atoms with Crippen molar-refractivity contribution >= 4 is 19.4 Å². The first-order valence-electron chi connectivity index (χ1n) is 3.80. The van der Waals surface area contributed by atoms with Crippen LogP contribution in [0.25, 0.3) is 0 Å². The van der Waals surface area contributed by atoms with Gasteiger partial charge in [0.2, 0.25) is 0 Å². The molecule has 0 bridgehead atoms. The molecule has 1 aliphatic rings. The van der Waals surface area contributed by atoms with Gasteiger partial charge in [0.1, 0.15) is 0 Å². The maximum atomic E-state index is 10.8. The number of hydrogen-bond acceptors (Lipinski definition) is 2. The van der Waals surface area contributed by atoms with Crippen molar-refractivity contribution in [2.24, 2.45) is 11.3 Å². The molecule has 1 rings (SSSR count). The molecule has 0 aliphatic heterocycles. The van der Waals surface area contributed by atoms with Crippen molar-refractivity contribution in [3.05, 3.63) is 12.7 Å². The first kappa shape index (κ1) is 9.04. The molecule has 12 heavy (non-hydrogen) atoms. The molecule has 1 N–H and O–H groups in total. The van der Waals surface area contributed by atoms with Crippen molar-refractivity contribution < 1.29 is 14.7 Å². The Morgan fingerprint density at radius 3 is 2.83 bits per heavy atom. The summed E-state index contributed by atoms with van der Waals surface area (Å²) < 4.78 is 0. The Hall–Kier alpha value is -1.06. The predicted molar refractivity (Wildman–Crippen MR) is 45.7 cm³/mol. The fraction of sp³-hybridized carbons (Fsp3) is 0.500. The summed E-state index contributed by atoms with van der Waals surface area (Å²) in [4.78, 5) is 20.8. The Morgan fingerprint density at radius 1 is 1.83 bits per heavy atom. The van der Waals surface area contributed by atoms with Crippen LogP contribution in [0.4, 0.5) is 0 Å². The smallest absolute Gasteiger partial charge is 0.309 e. The zero-order valence-corrected chi connectivity index (χ0v) is 6.69. The second-order valence-corrected chi connectivity index (χ2v) is 3.08. The summed E-state index contributed by atoms with van der Waals surface area (Å²) in [5.41, 5.74) is -0.720. The quantitative estimate of drug-likeness (QED) is 0.368. The lowest BCUT2D eigenvalue weighted by atomic mass is 9.69. The maximum absolute atomic E-state index is 10.8. The Bertz CT molecular complexity index is 226. The van der Waals surface area contributed by atoms with E-state index in [2.05, 4.69) is 6.58 Å². The highest BCUT2D eigenvalue weighted by atomic mass is 16.4. The predicted octanol–water partition coefficient (Wildman–Crippen LogP) is 0.576. The van der Waals surface area contributed by atoms with Crippen LogP contribution in [0, 0.1) is 11.3 Å². The fourth-order valence-corrected chi connectivity index (χ4v) is 1.47. The van der Waals surface area contributed by atoms with Gasteiger partial charge in [-0.05, 0) is 12.3 Å². The van der Waals surface area contributed by atoms with Gasteiger partial charge in [-0.1, -0.05) is 12.4 Å². The van der Waals surface area contributed by atoms with E-state index in [1.165, 1.54) is 7.28 Å². The number of rotatable bonds is 5. The van der Waals surface area contributed by atoms with Crippen molar-refractivity contribution in [3.63, 3.8) is 0 Å². The number of carboxylic acid groups (broad SMARTS) is 1. The van der Waals surface area contributed by atoms with Crippen LogP contribution < -0.4 is 0 Å². The van der Waals surface area contributed by atoms with Crippen LogP contribution in [0.5, 0.6) is 0 Å². The van der Waals surface area contributed by atoms with Crippen LogP contribution in [-0.2, 0) is 9.59 Å². The molecule has 0 aromatic rings. The molecule has 0 heterocycles. The molecule has 0 aromatic heterocycles. The summed E-state index contributed by atoms with van der Waals surface area (Å²) in [5.74, 6) is -0.795. The SMILES string of the molecule is C=C[C@@H]1C[C@]1(C[B]C=O)C(=O)O. The van der Waals surface area contributed by atoms with E-state index in [1.54, 1.807) is 6.08 Å². The summed E-state index contributed by atoms with van der Waals surface area (Å²) in [5, 5.41) is 8.85. The molecule has 4 heteroatoms. The van der Waals surface area contributed by atoms with Crippen LogP contribution in [-0.4, -0.2) is 24.5 Å². The first-order valence-corrected chi connectivity index (χ1v) is 3.80. The molecule has 1 radical (unpaired) electrons. The maximum Gasteiger partial charge on any atom is 0.309 e. The van der Waals surface area contributed by atoms with E-state index in [1.807, 2.05) is 0 Å².